The molecule has 2 atom stereocenters. The summed E-state index contributed by atoms with van der Waals surface area (Å²) in [6.07, 6.45) is 4.86. The number of anilines is 1. The van der Waals surface area contributed by atoms with E-state index in [0.717, 1.165) is 30.7 Å². The highest BCUT2D eigenvalue weighted by molar-refractivity contribution is 7.90. The van der Waals surface area contributed by atoms with Crippen LogP contribution < -0.4 is 10.0 Å². The molecule has 0 radical (unpaired) electrons. The standard InChI is InChI=1S/C20H27N5O3S2/c1-4-6-7-12-16-23-24-20(29-16)22-19(26)17(13(3)5-2)21-18-14-10-8-9-11-15(14)30(27,28)25-18/h8-11,13,17H,4-7,12H2,1-3H3,(H,21,25)(H,22,24,26)/t13-,17-/m0/s1. The van der Waals surface area contributed by atoms with Gasteiger partial charge in [-0.2, -0.15) is 0 Å². The normalized spacial score (nSPS) is 17.9. The third kappa shape index (κ3) is 5.04. The molecular weight excluding hydrogens is 422 g/mol. The highest BCUT2D eigenvalue weighted by Gasteiger charge is 2.33. The van der Waals surface area contributed by atoms with Crippen molar-refractivity contribution in [2.45, 2.75) is 63.8 Å². The molecule has 1 aliphatic rings. The van der Waals surface area contributed by atoms with Crippen LogP contribution in [0.5, 0.6) is 0 Å². The lowest BCUT2D eigenvalue weighted by Crippen LogP contribution is -2.34. The Labute approximate surface area is 181 Å². The number of fused-ring (bicyclic) bond motifs is 1. The van der Waals surface area contributed by atoms with E-state index in [1.165, 1.54) is 17.4 Å². The summed E-state index contributed by atoms with van der Waals surface area (Å²) in [5.41, 5.74) is 0.479. The van der Waals surface area contributed by atoms with E-state index in [4.69, 9.17) is 0 Å². The summed E-state index contributed by atoms with van der Waals surface area (Å²) in [5.74, 6) is -0.216. The van der Waals surface area contributed by atoms with Gasteiger partial charge in [-0.25, -0.2) is 8.42 Å². The van der Waals surface area contributed by atoms with E-state index in [0.29, 0.717) is 17.1 Å². The molecule has 1 aromatic heterocycles. The number of amidine groups is 1. The molecule has 0 unspecified atom stereocenters. The minimum Gasteiger partial charge on any atom is -0.299 e. The monoisotopic (exact) mass is 449 g/mol. The third-order valence-electron chi connectivity index (χ3n) is 5.07. The molecule has 162 valence electrons. The molecule has 2 N–H and O–H groups in total. The van der Waals surface area contributed by atoms with Crippen LogP contribution >= 0.6 is 11.3 Å². The van der Waals surface area contributed by atoms with Crippen molar-refractivity contribution in [3.05, 3.63) is 34.8 Å². The van der Waals surface area contributed by atoms with Crippen LogP contribution in [0.15, 0.2) is 34.2 Å². The molecule has 1 aliphatic heterocycles. The minimum absolute atomic E-state index is 0.0910. The number of benzene rings is 1. The zero-order valence-electron chi connectivity index (χ0n) is 17.4. The number of sulfonamides is 1. The number of amides is 1. The molecule has 2 heterocycles. The van der Waals surface area contributed by atoms with Gasteiger partial charge in [-0.3, -0.25) is 19.8 Å². The van der Waals surface area contributed by atoms with Gasteiger partial charge in [-0.05, 0) is 24.5 Å². The first-order chi connectivity index (χ1) is 14.4. The van der Waals surface area contributed by atoms with Gasteiger partial charge < -0.3 is 0 Å². The van der Waals surface area contributed by atoms with Crippen LogP contribution in [0.3, 0.4) is 0 Å². The lowest BCUT2D eigenvalue weighted by Gasteiger charge is -2.18. The van der Waals surface area contributed by atoms with Gasteiger partial charge in [-0.1, -0.05) is 63.5 Å². The van der Waals surface area contributed by atoms with Crippen molar-refractivity contribution in [3.8, 4) is 0 Å². The van der Waals surface area contributed by atoms with Gasteiger partial charge in [-0.15, -0.1) is 10.2 Å². The fourth-order valence-corrected chi connectivity index (χ4v) is 5.17. The summed E-state index contributed by atoms with van der Waals surface area (Å²) in [6.45, 7) is 6.03. The average Bonchev–Trinajstić information content (AvgIpc) is 3.27. The van der Waals surface area contributed by atoms with Crippen molar-refractivity contribution < 1.29 is 13.2 Å². The second-order valence-electron chi connectivity index (χ2n) is 7.36. The summed E-state index contributed by atoms with van der Waals surface area (Å²) in [7, 11) is -3.66. The molecular formula is C20H27N5O3S2. The Bertz CT molecular complexity index is 1030. The van der Waals surface area contributed by atoms with Crippen LogP contribution in [0.1, 0.15) is 57.0 Å². The van der Waals surface area contributed by atoms with E-state index in [1.807, 2.05) is 13.8 Å². The maximum atomic E-state index is 13.0. The number of hydrogen-bond donors (Lipinski definition) is 2. The van der Waals surface area contributed by atoms with E-state index in [1.54, 1.807) is 18.2 Å². The number of carbonyl (C=O) groups excluding carboxylic acids is 1. The predicted molar refractivity (Wildman–Crippen MR) is 118 cm³/mol. The number of unbranched alkanes of at least 4 members (excludes halogenated alkanes) is 2. The molecule has 2 aromatic rings. The largest absolute Gasteiger partial charge is 0.299 e. The van der Waals surface area contributed by atoms with Crippen molar-refractivity contribution >= 4 is 38.2 Å². The Kier molecular flexibility index (Phi) is 7.19. The van der Waals surface area contributed by atoms with Gasteiger partial charge in [0.2, 0.25) is 5.13 Å². The van der Waals surface area contributed by atoms with Crippen molar-refractivity contribution in [1.82, 2.24) is 14.9 Å². The van der Waals surface area contributed by atoms with Gasteiger partial charge in [0.15, 0.2) is 0 Å². The summed E-state index contributed by atoms with van der Waals surface area (Å²) in [6, 6.07) is 5.86. The molecule has 30 heavy (non-hydrogen) atoms. The lowest BCUT2D eigenvalue weighted by molar-refractivity contribution is -0.118. The number of aromatic nitrogens is 2. The van der Waals surface area contributed by atoms with Crippen LogP contribution in [0.4, 0.5) is 5.13 Å². The SMILES string of the molecule is CCCCCc1nnc(NC(=O)[C@@H](N=C2NS(=O)(=O)c3ccccc32)[C@@H](C)CC)s1. The molecule has 1 aromatic carbocycles. The Hall–Kier alpha value is -2.33. The number of hydrogen-bond acceptors (Lipinski definition) is 7. The zero-order valence-corrected chi connectivity index (χ0v) is 19.0. The van der Waals surface area contributed by atoms with E-state index in [-0.39, 0.29) is 22.6 Å². The predicted octanol–water partition coefficient (Wildman–Crippen LogP) is 3.36. The van der Waals surface area contributed by atoms with E-state index in [9.17, 15) is 13.2 Å². The molecule has 0 fully saturated rings. The number of nitrogens with one attached hydrogen (secondary N) is 2. The van der Waals surface area contributed by atoms with Gasteiger partial charge in [0.25, 0.3) is 15.9 Å². The van der Waals surface area contributed by atoms with Gasteiger partial charge in [0, 0.05) is 12.0 Å². The number of rotatable bonds is 9. The summed E-state index contributed by atoms with van der Waals surface area (Å²) >= 11 is 1.37. The second kappa shape index (κ2) is 9.65. The fraction of sp³-hybridized carbons (Fsp3) is 0.500. The zero-order chi connectivity index (χ0) is 21.7. The van der Waals surface area contributed by atoms with E-state index in [2.05, 4.69) is 32.2 Å². The molecule has 3 rings (SSSR count). The van der Waals surface area contributed by atoms with Crippen molar-refractivity contribution in [2.24, 2.45) is 10.9 Å². The van der Waals surface area contributed by atoms with E-state index >= 15 is 0 Å². The van der Waals surface area contributed by atoms with Gasteiger partial charge in [0.05, 0.1) is 4.90 Å². The average molecular weight is 450 g/mol. The minimum atomic E-state index is -3.66. The molecule has 8 nitrogen and oxygen atoms in total. The van der Waals surface area contributed by atoms with Crippen molar-refractivity contribution in [3.63, 3.8) is 0 Å². The maximum Gasteiger partial charge on any atom is 0.263 e. The molecule has 1 amide bonds. The van der Waals surface area contributed by atoms with Crippen LogP contribution in [0.2, 0.25) is 0 Å². The number of carbonyl (C=O) groups is 1. The highest BCUT2D eigenvalue weighted by Crippen LogP contribution is 2.25. The molecule has 0 bridgehead atoms. The van der Waals surface area contributed by atoms with Crippen molar-refractivity contribution in [1.29, 1.82) is 0 Å². The van der Waals surface area contributed by atoms with Crippen LogP contribution in [0, 0.1) is 5.92 Å². The molecule has 0 saturated carbocycles. The third-order valence-corrected chi connectivity index (χ3v) is 7.37. The number of nitrogens with zero attached hydrogens (tertiary/aromatic N) is 3. The topological polar surface area (TPSA) is 113 Å². The molecule has 0 spiro atoms. The van der Waals surface area contributed by atoms with Crippen molar-refractivity contribution in [2.75, 3.05) is 5.32 Å². The van der Waals surface area contributed by atoms with Gasteiger partial charge in [0.1, 0.15) is 16.9 Å². The maximum absolute atomic E-state index is 13.0. The molecule has 10 heteroatoms. The van der Waals surface area contributed by atoms with Crippen LogP contribution in [-0.4, -0.2) is 36.4 Å². The fourth-order valence-electron chi connectivity index (χ4n) is 3.15. The Balaban J connectivity index is 1.80. The smallest absolute Gasteiger partial charge is 0.263 e. The van der Waals surface area contributed by atoms with Crippen LogP contribution in [0.25, 0.3) is 0 Å². The second-order valence-corrected chi connectivity index (χ2v) is 10.1. The first kappa shape index (κ1) is 22.4. The molecule has 0 aliphatic carbocycles. The van der Waals surface area contributed by atoms with E-state index < -0.39 is 16.1 Å². The van der Waals surface area contributed by atoms with Gasteiger partial charge >= 0.3 is 0 Å². The lowest BCUT2D eigenvalue weighted by atomic mass is 9.99. The summed E-state index contributed by atoms with van der Waals surface area (Å²) in [5, 5.41) is 12.4. The highest BCUT2D eigenvalue weighted by atomic mass is 32.2. The Morgan fingerprint density at radius 2 is 2.00 bits per heavy atom. The number of aliphatic imine (C=N–C) groups is 1. The molecule has 0 saturated heterocycles. The summed E-state index contributed by atoms with van der Waals surface area (Å²) < 4.78 is 27.2. The van der Waals surface area contributed by atoms with Crippen LogP contribution in [-0.2, 0) is 21.2 Å². The Morgan fingerprint density at radius 1 is 1.23 bits per heavy atom. The first-order valence-electron chi connectivity index (χ1n) is 10.2. The first-order valence-corrected chi connectivity index (χ1v) is 12.5. The number of aryl methyl sites for hydroxylation is 1. The Morgan fingerprint density at radius 3 is 2.73 bits per heavy atom. The quantitative estimate of drug-likeness (QED) is 0.570. The summed E-state index contributed by atoms with van der Waals surface area (Å²) in [4.78, 5) is 17.7.